The van der Waals surface area contributed by atoms with E-state index in [0.717, 1.165) is 31.4 Å². The minimum atomic E-state index is -0.456. The first-order valence-electron chi connectivity index (χ1n) is 12.4. The fraction of sp³-hybridized carbons (Fsp3) is 0.538. The highest BCUT2D eigenvalue weighted by Crippen LogP contribution is 2.33. The Labute approximate surface area is 210 Å². The number of amides is 1. The van der Waals surface area contributed by atoms with Gasteiger partial charge in [-0.05, 0) is 69.2 Å². The number of aliphatic hydroxyl groups is 1. The molecule has 2 heterocycles. The summed E-state index contributed by atoms with van der Waals surface area (Å²) in [6.45, 7) is 4.34. The Morgan fingerprint density at radius 2 is 2.03 bits per heavy atom. The number of oxime groups is 1. The fourth-order valence-corrected chi connectivity index (χ4v) is 4.75. The molecule has 1 aromatic heterocycles. The van der Waals surface area contributed by atoms with Gasteiger partial charge in [0.1, 0.15) is 23.3 Å². The Kier molecular flexibility index (Phi) is 8.48. The number of carbonyl (C=O) groups excluding carboxylic acids is 1. The van der Waals surface area contributed by atoms with Gasteiger partial charge in [-0.1, -0.05) is 11.2 Å². The first-order valence-corrected chi connectivity index (χ1v) is 12.4. The molecular weight excluding hydrogens is 465 g/mol. The molecule has 0 spiro atoms. The van der Waals surface area contributed by atoms with E-state index in [1.54, 1.807) is 32.0 Å². The standard InChI is InChI=1S/C26H34FN5O4/c1-15(33)13-28-19-7-5-18(6-8-19)24-12-22(32-36-24)21-11-23(31-16(2)30-21)26(34)29-14-17-4-9-20(27)25(10-17)35-3/h4,9-11,15,18-19,24,28,33H,5-8,12-14H2,1-3H3,(H,29,34)/t15-,18?,19?,24+/m0/s1. The predicted octanol–water partition coefficient (Wildman–Crippen LogP) is 2.88. The first-order chi connectivity index (χ1) is 17.3. The van der Waals surface area contributed by atoms with Crippen LogP contribution in [0.3, 0.4) is 0 Å². The molecule has 2 aliphatic rings. The number of hydrogen-bond donors (Lipinski definition) is 3. The summed E-state index contributed by atoms with van der Waals surface area (Å²) in [5.41, 5.74) is 2.25. The van der Waals surface area contributed by atoms with Crippen LogP contribution in [0.1, 0.15) is 66.6 Å². The zero-order valence-corrected chi connectivity index (χ0v) is 21.0. The highest BCUT2D eigenvalue weighted by Gasteiger charge is 2.34. The second kappa shape index (κ2) is 11.7. The number of carbonyl (C=O) groups is 1. The largest absolute Gasteiger partial charge is 0.494 e. The van der Waals surface area contributed by atoms with E-state index in [1.807, 2.05) is 0 Å². The van der Waals surface area contributed by atoms with Gasteiger partial charge in [0, 0.05) is 25.6 Å². The third-order valence-electron chi connectivity index (χ3n) is 6.73. The number of aromatic nitrogens is 2. The van der Waals surface area contributed by atoms with Gasteiger partial charge in [-0.25, -0.2) is 14.4 Å². The second-order valence-electron chi connectivity index (χ2n) is 9.59. The number of ether oxygens (including phenoxy) is 1. The Hall–Kier alpha value is -3.11. The van der Waals surface area contributed by atoms with Crippen molar-refractivity contribution in [3.05, 3.63) is 52.9 Å². The summed E-state index contributed by atoms with van der Waals surface area (Å²) in [6.07, 6.45) is 4.46. The van der Waals surface area contributed by atoms with Crippen molar-refractivity contribution in [2.24, 2.45) is 11.1 Å². The van der Waals surface area contributed by atoms with Crippen LogP contribution in [0.2, 0.25) is 0 Å². The molecule has 2 aromatic rings. The predicted molar refractivity (Wildman–Crippen MR) is 132 cm³/mol. The van der Waals surface area contributed by atoms with Crippen molar-refractivity contribution in [2.45, 2.75) is 70.7 Å². The van der Waals surface area contributed by atoms with Crippen molar-refractivity contribution in [3.8, 4) is 5.75 Å². The monoisotopic (exact) mass is 499 g/mol. The van der Waals surface area contributed by atoms with Crippen molar-refractivity contribution in [3.63, 3.8) is 0 Å². The number of aliphatic hydroxyl groups excluding tert-OH is 1. The van der Waals surface area contributed by atoms with E-state index in [4.69, 9.17) is 9.57 Å². The molecule has 9 nitrogen and oxygen atoms in total. The minimum absolute atomic E-state index is 0.00119. The number of aryl methyl sites for hydroxylation is 1. The van der Waals surface area contributed by atoms with E-state index in [0.29, 0.717) is 42.0 Å². The van der Waals surface area contributed by atoms with Gasteiger partial charge in [0.25, 0.3) is 5.91 Å². The van der Waals surface area contributed by atoms with Gasteiger partial charge < -0.3 is 25.3 Å². The summed E-state index contributed by atoms with van der Waals surface area (Å²) in [4.78, 5) is 27.4. The molecule has 1 amide bonds. The third kappa shape index (κ3) is 6.55. The maximum atomic E-state index is 13.6. The van der Waals surface area contributed by atoms with Crippen molar-refractivity contribution in [1.29, 1.82) is 0 Å². The lowest BCUT2D eigenvalue weighted by Crippen LogP contribution is -2.39. The zero-order chi connectivity index (χ0) is 25.7. The Balaban J connectivity index is 1.33. The number of methoxy groups -OCH3 is 1. The topological polar surface area (TPSA) is 118 Å². The van der Waals surface area contributed by atoms with E-state index in [2.05, 4.69) is 25.8 Å². The van der Waals surface area contributed by atoms with Crippen LogP contribution >= 0.6 is 0 Å². The molecule has 0 bridgehead atoms. The van der Waals surface area contributed by atoms with Crippen molar-refractivity contribution >= 4 is 11.6 Å². The number of rotatable bonds is 9. The third-order valence-corrected chi connectivity index (χ3v) is 6.73. The molecule has 1 fully saturated rings. The first kappa shape index (κ1) is 26.0. The molecule has 1 aliphatic heterocycles. The minimum Gasteiger partial charge on any atom is -0.494 e. The highest BCUT2D eigenvalue weighted by atomic mass is 19.1. The maximum Gasteiger partial charge on any atom is 0.270 e. The molecule has 2 atom stereocenters. The Morgan fingerprint density at radius 3 is 2.75 bits per heavy atom. The number of nitrogens with zero attached hydrogens (tertiary/aromatic N) is 3. The Bertz CT molecular complexity index is 1100. The quantitative estimate of drug-likeness (QED) is 0.486. The van der Waals surface area contributed by atoms with Gasteiger partial charge in [0.15, 0.2) is 11.6 Å². The van der Waals surface area contributed by atoms with E-state index >= 15 is 0 Å². The average Bonchev–Trinajstić information content (AvgIpc) is 3.37. The molecule has 0 saturated heterocycles. The van der Waals surface area contributed by atoms with Gasteiger partial charge in [-0.3, -0.25) is 4.79 Å². The van der Waals surface area contributed by atoms with Gasteiger partial charge >= 0.3 is 0 Å². The normalized spacial score (nSPS) is 22.5. The van der Waals surface area contributed by atoms with E-state index < -0.39 is 5.82 Å². The van der Waals surface area contributed by atoms with E-state index in [1.165, 1.54) is 13.2 Å². The van der Waals surface area contributed by atoms with Crippen LogP contribution in [0.25, 0.3) is 0 Å². The van der Waals surface area contributed by atoms with Gasteiger partial charge in [-0.15, -0.1) is 0 Å². The SMILES string of the molecule is COc1cc(CNC(=O)c2cc(C3=NO[C@@H](C4CCC(NC[C@H](C)O)CC4)C3)nc(C)n2)ccc1F. The van der Waals surface area contributed by atoms with Crippen molar-refractivity contribution < 1.29 is 23.9 Å². The number of halogens is 1. The summed E-state index contributed by atoms with van der Waals surface area (Å²) < 4.78 is 18.6. The molecule has 36 heavy (non-hydrogen) atoms. The molecule has 0 unspecified atom stereocenters. The van der Waals surface area contributed by atoms with Crippen LogP contribution in [0.15, 0.2) is 29.4 Å². The molecule has 10 heteroatoms. The number of benzene rings is 1. The van der Waals surface area contributed by atoms with Crippen molar-refractivity contribution in [1.82, 2.24) is 20.6 Å². The van der Waals surface area contributed by atoms with Crippen LogP contribution in [0.4, 0.5) is 4.39 Å². The molecular formula is C26H34FN5O4. The number of hydrogen-bond acceptors (Lipinski definition) is 8. The highest BCUT2D eigenvalue weighted by molar-refractivity contribution is 6.01. The molecule has 1 saturated carbocycles. The van der Waals surface area contributed by atoms with Crippen LogP contribution in [0.5, 0.6) is 5.75 Å². The number of nitrogens with one attached hydrogen (secondary N) is 2. The molecule has 1 aliphatic carbocycles. The maximum absolute atomic E-state index is 13.6. The van der Waals surface area contributed by atoms with Gasteiger partial charge in [0.05, 0.1) is 18.9 Å². The van der Waals surface area contributed by atoms with Crippen LogP contribution in [-0.2, 0) is 11.4 Å². The van der Waals surface area contributed by atoms with Gasteiger partial charge in [0.2, 0.25) is 0 Å². The summed E-state index contributed by atoms with van der Waals surface area (Å²) in [7, 11) is 1.40. The lowest BCUT2D eigenvalue weighted by Gasteiger charge is -2.31. The Morgan fingerprint density at radius 1 is 1.25 bits per heavy atom. The van der Waals surface area contributed by atoms with Gasteiger partial charge in [-0.2, -0.15) is 0 Å². The average molecular weight is 500 g/mol. The molecule has 1 aromatic carbocycles. The van der Waals surface area contributed by atoms with E-state index in [9.17, 15) is 14.3 Å². The summed E-state index contributed by atoms with van der Waals surface area (Å²) >= 11 is 0. The molecule has 0 radical (unpaired) electrons. The summed E-state index contributed by atoms with van der Waals surface area (Å²) in [5.74, 6) is 0.193. The smallest absolute Gasteiger partial charge is 0.270 e. The molecule has 3 N–H and O–H groups in total. The van der Waals surface area contributed by atoms with E-state index in [-0.39, 0.29) is 36.1 Å². The molecule has 4 rings (SSSR count). The summed E-state index contributed by atoms with van der Waals surface area (Å²) in [6, 6.07) is 6.51. The lowest BCUT2D eigenvalue weighted by molar-refractivity contribution is 0.0228. The van der Waals surface area contributed by atoms with Crippen molar-refractivity contribution in [2.75, 3.05) is 13.7 Å². The second-order valence-corrected chi connectivity index (χ2v) is 9.59. The molecule has 194 valence electrons. The zero-order valence-electron chi connectivity index (χ0n) is 21.0. The van der Waals surface area contributed by atoms with Crippen LogP contribution in [0, 0.1) is 18.7 Å². The summed E-state index contributed by atoms with van der Waals surface area (Å²) in [5, 5.41) is 20.0. The lowest BCUT2D eigenvalue weighted by atomic mass is 9.81. The van der Waals surface area contributed by atoms with Crippen LogP contribution in [-0.4, -0.2) is 58.6 Å². The fourth-order valence-electron chi connectivity index (χ4n) is 4.75. The van der Waals surface area contributed by atoms with Crippen LogP contribution < -0.4 is 15.4 Å².